The Balaban J connectivity index is 2.95. The normalized spacial score (nSPS) is 11.3. The van der Waals surface area contributed by atoms with Crippen LogP contribution in [0.15, 0.2) is 4.99 Å². The van der Waals surface area contributed by atoms with Crippen LogP contribution in [0.2, 0.25) is 0 Å². The molecule has 0 fully saturated rings. The van der Waals surface area contributed by atoms with Crippen LogP contribution < -0.4 is 5.73 Å². The largest absolute Gasteiger partial charge is 0.330 e. The summed E-state index contributed by atoms with van der Waals surface area (Å²) in [5, 5.41) is 0. The van der Waals surface area contributed by atoms with E-state index in [4.69, 9.17) is 5.73 Å². The Labute approximate surface area is 95.4 Å². The highest BCUT2D eigenvalue weighted by Crippen LogP contribution is 2.07. The van der Waals surface area contributed by atoms with Crippen LogP contribution in [-0.4, -0.2) is 19.3 Å². The van der Waals surface area contributed by atoms with Gasteiger partial charge in [-0.2, -0.15) is 0 Å². The standard InChI is InChI=1S/C13H28N2/c1-2-3-4-5-6-7-8-9-12-15-13-10-11-14/h12H,2-11,13-14H2,1H3. The van der Waals surface area contributed by atoms with Crippen molar-refractivity contribution in [3.05, 3.63) is 0 Å². The molecule has 90 valence electrons. The summed E-state index contributed by atoms with van der Waals surface area (Å²) in [5.74, 6) is 0. The minimum Gasteiger partial charge on any atom is -0.330 e. The molecule has 0 saturated carbocycles. The molecule has 0 radical (unpaired) electrons. The highest BCUT2D eigenvalue weighted by Gasteiger charge is 1.89. The first kappa shape index (κ1) is 14.6. The van der Waals surface area contributed by atoms with Gasteiger partial charge in [0.15, 0.2) is 0 Å². The number of hydrogen-bond donors (Lipinski definition) is 1. The molecule has 0 amide bonds. The Kier molecular flexibility index (Phi) is 13.3. The van der Waals surface area contributed by atoms with E-state index in [1.807, 2.05) is 0 Å². The molecule has 0 spiro atoms. The number of rotatable bonds is 11. The van der Waals surface area contributed by atoms with Crippen LogP contribution in [0.3, 0.4) is 0 Å². The third-order valence-corrected chi connectivity index (χ3v) is 2.56. The average molecular weight is 212 g/mol. The van der Waals surface area contributed by atoms with Crippen LogP contribution in [0.4, 0.5) is 0 Å². The highest BCUT2D eigenvalue weighted by molar-refractivity contribution is 5.56. The topological polar surface area (TPSA) is 38.4 Å². The van der Waals surface area contributed by atoms with Gasteiger partial charge in [-0.1, -0.05) is 45.4 Å². The fraction of sp³-hybridized carbons (Fsp3) is 0.923. The molecular weight excluding hydrogens is 184 g/mol. The number of unbranched alkanes of at least 4 members (excludes halogenated alkanes) is 7. The lowest BCUT2D eigenvalue weighted by Crippen LogP contribution is -1.99. The van der Waals surface area contributed by atoms with Crippen molar-refractivity contribution in [2.24, 2.45) is 10.7 Å². The predicted molar refractivity (Wildman–Crippen MR) is 69.6 cm³/mol. The van der Waals surface area contributed by atoms with E-state index in [0.717, 1.165) is 25.9 Å². The summed E-state index contributed by atoms with van der Waals surface area (Å²) < 4.78 is 0. The molecule has 0 aliphatic carbocycles. The Morgan fingerprint density at radius 3 is 2.27 bits per heavy atom. The number of aliphatic imine (C=N–C) groups is 1. The van der Waals surface area contributed by atoms with Gasteiger partial charge in [0.1, 0.15) is 0 Å². The van der Waals surface area contributed by atoms with E-state index >= 15 is 0 Å². The van der Waals surface area contributed by atoms with Gasteiger partial charge in [0.2, 0.25) is 0 Å². The summed E-state index contributed by atoms with van der Waals surface area (Å²) in [6.07, 6.45) is 13.9. The lowest BCUT2D eigenvalue weighted by atomic mass is 10.1. The summed E-state index contributed by atoms with van der Waals surface area (Å²) >= 11 is 0. The van der Waals surface area contributed by atoms with Crippen molar-refractivity contribution in [2.45, 2.75) is 64.7 Å². The Bertz CT molecular complexity index is 132. The van der Waals surface area contributed by atoms with Crippen molar-refractivity contribution in [3.63, 3.8) is 0 Å². The Morgan fingerprint density at radius 1 is 0.933 bits per heavy atom. The van der Waals surface area contributed by atoms with Crippen molar-refractivity contribution in [1.29, 1.82) is 0 Å². The third kappa shape index (κ3) is 13.6. The van der Waals surface area contributed by atoms with E-state index in [9.17, 15) is 0 Å². The van der Waals surface area contributed by atoms with Gasteiger partial charge >= 0.3 is 0 Å². The van der Waals surface area contributed by atoms with Gasteiger partial charge in [0.05, 0.1) is 0 Å². The zero-order chi connectivity index (χ0) is 11.2. The van der Waals surface area contributed by atoms with E-state index in [0.29, 0.717) is 0 Å². The molecule has 0 aliphatic heterocycles. The molecule has 2 heteroatoms. The molecule has 0 heterocycles. The van der Waals surface area contributed by atoms with Gasteiger partial charge in [0, 0.05) is 6.54 Å². The summed E-state index contributed by atoms with van der Waals surface area (Å²) in [6.45, 7) is 3.93. The van der Waals surface area contributed by atoms with Crippen molar-refractivity contribution in [3.8, 4) is 0 Å². The van der Waals surface area contributed by atoms with Crippen molar-refractivity contribution >= 4 is 6.21 Å². The van der Waals surface area contributed by atoms with Crippen molar-refractivity contribution in [1.82, 2.24) is 0 Å². The molecule has 0 unspecified atom stereocenters. The van der Waals surface area contributed by atoms with Gasteiger partial charge in [-0.15, -0.1) is 0 Å². The molecule has 0 aliphatic rings. The smallest absolute Gasteiger partial charge is 0.0397 e. The molecule has 0 rings (SSSR count). The second-order valence-corrected chi connectivity index (χ2v) is 4.14. The lowest BCUT2D eigenvalue weighted by molar-refractivity contribution is 0.596. The fourth-order valence-corrected chi connectivity index (χ4v) is 1.56. The van der Waals surface area contributed by atoms with E-state index < -0.39 is 0 Å². The van der Waals surface area contributed by atoms with Crippen LogP contribution in [0.1, 0.15) is 64.7 Å². The van der Waals surface area contributed by atoms with Crippen LogP contribution in [-0.2, 0) is 0 Å². The minimum atomic E-state index is 0.759. The summed E-state index contributed by atoms with van der Waals surface area (Å²) in [6, 6.07) is 0. The molecule has 0 saturated heterocycles. The van der Waals surface area contributed by atoms with Crippen LogP contribution in [0, 0.1) is 0 Å². The average Bonchev–Trinajstić information content (AvgIpc) is 2.26. The van der Waals surface area contributed by atoms with E-state index in [1.165, 1.54) is 44.9 Å². The van der Waals surface area contributed by atoms with Gasteiger partial charge in [-0.25, -0.2) is 0 Å². The SMILES string of the molecule is CCCCCCCCCC=NCCCN. The molecule has 0 atom stereocenters. The first-order valence-corrected chi connectivity index (χ1v) is 6.60. The van der Waals surface area contributed by atoms with Crippen LogP contribution in [0.25, 0.3) is 0 Å². The maximum absolute atomic E-state index is 5.37. The molecule has 2 N–H and O–H groups in total. The summed E-state index contributed by atoms with van der Waals surface area (Å²) in [7, 11) is 0. The number of hydrogen-bond acceptors (Lipinski definition) is 2. The van der Waals surface area contributed by atoms with Gasteiger partial charge in [0.25, 0.3) is 0 Å². The first-order valence-electron chi connectivity index (χ1n) is 6.60. The Hall–Kier alpha value is -0.370. The maximum Gasteiger partial charge on any atom is 0.0397 e. The van der Waals surface area contributed by atoms with E-state index in [2.05, 4.69) is 18.1 Å². The third-order valence-electron chi connectivity index (χ3n) is 2.56. The Morgan fingerprint density at radius 2 is 1.60 bits per heavy atom. The zero-order valence-electron chi connectivity index (χ0n) is 10.4. The monoisotopic (exact) mass is 212 g/mol. The van der Waals surface area contributed by atoms with Crippen LogP contribution in [0.5, 0.6) is 0 Å². The molecule has 0 bridgehead atoms. The summed E-state index contributed by atoms with van der Waals surface area (Å²) in [5.41, 5.74) is 5.37. The molecular formula is C13H28N2. The molecule has 0 aromatic heterocycles. The molecule has 2 nitrogen and oxygen atoms in total. The van der Waals surface area contributed by atoms with Gasteiger partial charge in [-0.05, 0) is 32.0 Å². The number of nitrogens with two attached hydrogens (primary N) is 1. The second-order valence-electron chi connectivity index (χ2n) is 4.14. The second kappa shape index (κ2) is 13.6. The van der Waals surface area contributed by atoms with E-state index in [1.54, 1.807) is 0 Å². The quantitative estimate of drug-likeness (QED) is 0.413. The number of nitrogens with zero attached hydrogens (tertiary/aromatic N) is 1. The van der Waals surface area contributed by atoms with Gasteiger partial charge < -0.3 is 5.73 Å². The van der Waals surface area contributed by atoms with Crippen molar-refractivity contribution in [2.75, 3.05) is 13.1 Å². The fourth-order valence-electron chi connectivity index (χ4n) is 1.56. The highest BCUT2D eigenvalue weighted by atomic mass is 14.7. The molecule has 15 heavy (non-hydrogen) atoms. The minimum absolute atomic E-state index is 0.759. The zero-order valence-corrected chi connectivity index (χ0v) is 10.4. The van der Waals surface area contributed by atoms with Crippen molar-refractivity contribution < 1.29 is 0 Å². The maximum atomic E-state index is 5.37. The summed E-state index contributed by atoms with van der Waals surface area (Å²) in [4.78, 5) is 4.30. The van der Waals surface area contributed by atoms with Crippen LogP contribution >= 0.6 is 0 Å². The predicted octanol–water partition coefficient (Wildman–Crippen LogP) is 3.55. The first-order chi connectivity index (χ1) is 7.41. The molecule has 0 aromatic carbocycles. The lowest BCUT2D eigenvalue weighted by Gasteiger charge is -1.98. The van der Waals surface area contributed by atoms with Gasteiger partial charge in [-0.3, -0.25) is 4.99 Å². The molecule has 0 aromatic rings. The van der Waals surface area contributed by atoms with E-state index in [-0.39, 0.29) is 0 Å².